The molecule has 2 aromatic heterocycles. The molecule has 2 aromatic carbocycles. The summed E-state index contributed by atoms with van der Waals surface area (Å²) in [5, 5.41) is 0. The average Bonchev–Trinajstić information content (AvgIpc) is 3.19. The largest absolute Gasteiger partial charge is 0.493 e. The van der Waals surface area contributed by atoms with E-state index in [2.05, 4.69) is 39.0 Å². The van der Waals surface area contributed by atoms with Crippen molar-refractivity contribution in [1.29, 1.82) is 0 Å². The van der Waals surface area contributed by atoms with Crippen molar-refractivity contribution in [1.82, 2.24) is 19.8 Å². The van der Waals surface area contributed by atoms with E-state index in [1.807, 2.05) is 36.7 Å². The zero-order chi connectivity index (χ0) is 35.7. The summed E-state index contributed by atoms with van der Waals surface area (Å²) in [7, 11) is 9.80. The molecule has 0 atom stereocenters. The summed E-state index contributed by atoms with van der Waals surface area (Å²) in [6.07, 6.45) is 12.6. The molecule has 0 unspecified atom stereocenters. The number of likely N-dealkylation sites (tertiary alicyclic amines) is 1. The lowest BCUT2D eigenvalue weighted by molar-refractivity contribution is 0.0488. The number of hydrogen-bond donors (Lipinski definition) is 0. The SMILES string of the molecule is COc1cc(-c2cc(CN3CCC(N(Cc4ccnc(-c5cc(OC)c(OC)c(OC)c5)c4)C4CCCCC4)CC3)ccn2)cc(OC)c1OC. The van der Waals surface area contributed by atoms with E-state index < -0.39 is 0 Å². The zero-order valence-electron chi connectivity index (χ0n) is 30.9. The maximum atomic E-state index is 5.63. The standard InChI is InChI=1S/C41H52N4O6/c1-46-36-22-30(23-37(47-2)40(36)50-5)34-20-28(12-16-42-34)26-44-18-14-33(15-19-44)45(32-10-8-7-9-11-32)27-29-13-17-43-35(21-29)31-24-38(48-3)41(51-6)39(25-31)49-4/h12-13,16-17,20-25,32-33H,7-11,14-15,18-19,26-27H2,1-6H3. The van der Waals surface area contributed by atoms with E-state index in [9.17, 15) is 0 Å². The first-order valence-electron chi connectivity index (χ1n) is 18.0. The molecule has 0 amide bonds. The van der Waals surface area contributed by atoms with Crippen LogP contribution in [-0.2, 0) is 13.1 Å². The van der Waals surface area contributed by atoms with E-state index in [0.717, 1.165) is 61.5 Å². The van der Waals surface area contributed by atoms with Gasteiger partial charge in [0.25, 0.3) is 0 Å². The molecule has 10 heteroatoms. The fourth-order valence-corrected chi connectivity index (χ4v) is 7.77. The summed E-state index contributed by atoms with van der Waals surface area (Å²) >= 11 is 0. The van der Waals surface area contributed by atoms with Crippen molar-refractivity contribution in [3.63, 3.8) is 0 Å². The molecular weight excluding hydrogens is 644 g/mol. The fraction of sp³-hybridized carbons (Fsp3) is 0.463. The molecule has 2 fully saturated rings. The van der Waals surface area contributed by atoms with Gasteiger partial charge in [-0.25, -0.2) is 0 Å². The van der Waals surface area contributed by atoms with Gasteiger partial charge in [0, 0.05) is 48.7 Å². The van der Waals surface area contributed by atoms with E-state index in [0.29, 0.717) is 46.6 Å². The predicted octanol–water partition coefficient (Wildman–Crippen LogP) is 7.66. The monoisotopic (exact) mass is 696 g/mol. The molecule has 4 aromatic rings. The van der Waals surface area contributed by atoms with Gasteiger partial charge in [-0.15, -0.1) is 0 Å². The molecule has 51 heavy (non-hydrogen) atoms. The number of piperidine rings is 1. The highest BCUT2D eigenvalue weighted by Crippen LogP contribution is 2.42. The lowest BCUT2D eigenvalue weighted by Gasteiger charge is -2.44. The Labute approximate surface area is 302 Å². The smallest absolute Gasteiger partial charge is 0.203 e. The molecule has 2 aliphatic rings. The molecule has 1 saturated heterocycles. The van der Waals surface area contributed by atoms with Crippen LogP contribution < -0.4 is 28.4 Å². The lowest BCUT2D eigenvalue weighted by Crippen LogP contribution is -2.49. The number of hydrogen-bond acceptors (Lipinski definition) is 10. The van der Waals surface area contributed by atoms with Gasteiger partial charge >= 0.3 is 0 Å². The average molecular weight is 697 g/mol. The Hall–Kier alpha value is -4.54. The lowest BCUT2D eigenvalue weighted by atomic mass is 9.90. The van der Waals surface area contributed by atoms with Crippen LogP contribution >= 0.6 is 0 Å². The summed E-state index contributed by atoms with van der Waals surface area (Å²) in [4.78, 5) is 14.8. The van der Waals surface area contributed by atoms with Gasteiger partial charge in [-0.2, -0.15) is 0 Å². The Bertz CT molecular complexity index is 1700. The number of pyridine rings is 2. The molecule has 0 N–H and O–H groups in total. The highest BCUT2D eigenvalue weighted by molar-refractivity contribution is 5.70. The molecule has 6 rings (SSSR count). The molecule has 0 radical (unpaired) electrons. The van der Waals surface area contributed by atoms with Crippen molar-refractivity contribution in [2.24, 2.45) is 0 Å². The molecule has 3 heterocycles. The van der Waals surface area contributed by atoms with Crippen LogP contribution in [0.2, 0.25) is 0 Å². The van der Waals surface area contributed by atoms with Gasteiger partial charge in [0.05, 0.1) is 54.0 Å². The number of aromatic nitrogens is 2. The van der Waals surface area contributed by atoms with E-state index in [-0.39, 0.29) is 0 Å². The van der Waals surface area contributed by atoms with E-state index in [1.165, 1.54) is 43.2 Å². The van der Waals surface area contributed by atoms with Crippen LogP contribution in [-0.4, -0.2) is 87.6 Å². The van der Waals surface area contributed by atoms with E-state index in [1.54, 1.807) is 42.7 Å². The summed E-state index contributed by atoms with van der Waals surface area (Å²) in [5.74, 6) is 3.64. The van der Waals surface area contributed by atoms with Gasteiger partial charge in [0.2, 0.25) is 11.5 Å². The van der Waals surface area contributed by atoms with Crippen LogP contribution in [0, 0.1) is 0 Å². The molecule has 0 spiro atoms. The first-order valence-corrected chi connectivity index (χ1v) is 18.0. The number of ether oxygens (including phenoxy) is 6. The minimum Gasteiger partial charge on any atom is -0.493 e. The summed E-state index contributed by atoms with van der Waals surface area (Å²) in [6, 6.07) is 17.7. The Balaban J connectivity index is 1.16. The van der Waals surface area contributed by atoms with Gasteiger partial charge in [-0.3, -0.25) is 19.8 Å². The molecule has 272 valence electrons. The minimum absolute atomic E-state index is 0.536. The van der Waals surface area contributed by atoms with Crippen LogP contribution in [0.3, 0.4) is 0 Å². The zero-order valence-corrected chi connectivity index (χ0v) is 30.9. The Morgan fingerprint density at radius 2 is 1.02 bits per heavy atom. The van der Waals surface area contributed by atoms with E-state index in [4.69, 9.17) is 33.4 Å². The predicted molar refractivity (Wildman–Crippen MR) is 199 cm³/mol. The second-order valence-electron chi connectivity index (χ2n) is 13.4. The van der Waals surface area contributed by atoms with Gasteiger partial charge in [-0.1, -0.05) is 19.3 Å². The molecular formula is C41H52N4O6. The van der Waals surface area contributed by atoms with Crippen LogP contribution in [0.25, 0.3) is 22.5 Å². The molecule has 1 aliphatic heterocycles. The maximum absolute atomic E-state index is 5.63. The second kappa shape index (κ2) is 17.1. The van der Waals surface area contributed by atoms with Gasteiger partial charge in [0.15, 0.2) is 23.0 Å². The highest BCUT2D eigenvalue weighted by atomic mass is 16.5. The molecule has 1 aliphatic carbocycles. The van der Waals surface area contributed by atoms with Crippen LogP contribution in [0.4, 0.5) is 0 Å². The Kier molecular flexibility index (Phi) is 12.2. The van der Waals surface area contributed by atoms with Crippen molar-refractivity contribution in [2.45, 2.75) is 70.1 Å². The number of benzene rings is 2. The van der Waals surface area contributed by atoms with Gasteiger partial charge in [0.1, 0.15) is 0 Å². The fourth-order valence-electron chi connectivity index (χ4n) is 7.77. The first-order chi connectivity index (χ1) is 25.0. The van der Waals surface area contributed by atoms with Crippen LogP contribution in [0.5, 0.6) is 34.5 Å². The van der Waals surface area contributed by atoms with Crippen molar-refractivity contribution in [3.05, 3.63) is 72.1 Å². The Morgan fingerprint density at radius 1 is 0.569 bits per heavy atom. The van der Waals surface area contributed by atoms with Crippen molar-refractivity contribution < 1.29 is 28.4 Å². The third-order valence-electron chi connectivity index (χ3n) is 10.4. The quantitative estimate of drug-likeness (QED) is 0.131. The third-order valence-corrected chi connectivity index (χ3v) is 10.4. The minimum atomic E-state index is 0.536. The van der Waals surface area contributed by atoms with Crippen molar-refractivity contribution in [2.75, 3.05) is 55.7 Å². The Morgan fingerprint density at radius 3 is 1.49 bits per heavy atom. The highest BCUT2D eigenvalue weighted by Gasteiger charge is 2.31. The third kappa shape index (κ3) is 8.34. The number of methoxy groups -OCH3 is 6. The van der Waals surface area contributed by atoms with Gasteiger partial charge in [-0.05, 0) is 98.4 Å². The van der Waals surface area contributed by atoms with Gasteiger partial charge < -0.3 is 28.4 Å². The maximum Gasteiger partial charge on any atom is 0.203 e. The summed E-state index contributed by atoms with van der Waals surface area (Å²) in [5.41, 5.74) is 6.17. The number of rotatable bonds is 14. The summed E-state index contributed by atoms with van der Waals surface area (Å²) < 4.78 is 33.5. The van der Waals surface area contributed by atoms with Crippen molar-refractivity contribution in [3.8, 4) is 57.0 Å². The molecule has 10 nitrogen and oxygen atoms in total. The number of nitrogens with zero attached hydrogens (tertiary/aromatic N) is 4. The van der Waals surface area contributed by atoms with Crippen LogP contribution in [0.15, 0.2) is 60.9 Å². The topological polar surface area (TPSA) is 87.6 Å². The van der Waals surface area contributed by atoms with Crippen LogP contribution in [0.1, 0.15) is 56.1 Å². The second-order valence-corrected chi connectivity index (χ2v) is 13.4. The van der Waals surface area contributed by atoms with E-state index >= 15 is 0 Å². The first kappa shape index (κ1) is 36.3. The normalized spacial score (nSPS) is 15.8. The summed E-state index contributed by atoms with van der Waals surface area (Å²) in [6.45, 7) is 3.92. The molecule has 0 bridgehead atoms. The van der Waals surface area contributed by atoms with Crippen molar-refractivity contribution >= 4 is 0 Å². The molecule has 1 saturated carbocycles.